The van der Waals surface area contributed by atoms with Crippen LogP contribution in [0.4, 0.5) is 0 Å². The standard InChI is InChI=1S/C22H20O7/c1-4-27-22(24)20-16(13-9-7-11-15(25-2)18(13)26-3)17-19(29-20)12-8-5-6-10-14(12)28-21(17)23/h5-11,16,20H,4H2,1-3H3/t16-,20-/m0/s1. The molecule has 0 unspecified atom stereocenters. The van der Waals surface area contributed by atoms with Gasteiger partial charge in [0, 0.05) is 5.56 Å². The Hall–Kier alpha value is -3.48. The molecule has 7 nitrogen and oxygen atoms in total. The lowest BCUT2D eigenvalue weighted by Crippen LogP contribution is -2.32. The van der Waals surface area contributed by atoms with Crippen LogP contribution in [0, 0.1) is 0 Å². The Morgan fingerprint density at radius 1 is 1.07 bits per heavy atom. The molecule has 0 aliphatic carbocycles. The summed E-state index contributed by atoms with van der Waals surface area (Å²) in [6, 6.07) is 12.3. The molecular formula is C22H20O7. The molecule has 0 amide bonds. The molecule has 29 heavy (non-hydrogen) atoms. The van der Waals surface area contributed by atoms with Crippen LogP contribution in [0.15, 0.2) is 51.7 Å². The van der Waals surface area contributed by atoms with Gasteiger partial charge in [0.25, 0.3) is 0 Å². The molecule has 0 fully saturated rings. The van der Waals surface area contributed by atoms with Crippen LogP contribution in [0.1, 0.15) is 24.0 Å². The first-order valence-electron chi connectivity index (χ1n) is 9.20. The molecule has 7 heteroatoms. The van der Waals surface area contributed by atoms with Gasteiger partial charge >= 0.3 is 11.6 Å². The number of hydrogen-bond acceptors (Lipinski definition) is 7. The Balaban J connectivity index is 2.00. The quantitative estimate of drug-likeness (QED) is 0.483. The van der Waals surface area contributed by atoms with E-state index in [4.69, 9.17) is 23.4 Å². The molecule has 1 aliphatic heterocycles. The van der Waals surface area contributed by atoms with Crippen molar-refractivity contribution in [2.24, 2.45) is 0 Å². The fourth-order valence-corrected chi connectivity index (χ4v) is 3.76. The number of rotatable bonds is 5. The summed E-state index contributed by atoms with van der Waals surface area (Å²) in [4.78, 5) is 25.7. The van der Waals surface area contributed by atoms with Crippen molar-refractivity contribution < 1.29 is 28.2 Å². The summed E-state index contributed by atoms with van der Waals surface area (Å²) in [5.74, 6) is -0.119. The molecule has 4 rings (SSSR count). The highest BCUT2D eigenvalue weighted by atomic mass is 16.6. The van der Waals surface area contributed by atoms with Gasteiger partial charge in [0.15, 0.2) is 11.5 Å². The maximum absolute atomic E-state index is 12.9. The lowest BCUT2D eigenvalue weighted by atomic mass is 9.87. The van der Waals surface area contributed by atoms with E-state index < -0.39 is 23.6 Å². The number of fused-ring (bicyclic) bond motifs is 3. The Morgan fingerprint density at radius 3 is 2.59 bits per heavy atom. The van der Waals surface area contributed by atoms with Gasteiger partial charge in [-0.3, -0.25) is 0 Å². The van der Waals surface area contributed by atoms with Gasteiger partial charge in [0.2, 0.25) is 6.10 Å². The molecule has 0 radical (unpaired) electrons. The Morgan fingerprint density at radius 2 is 1.86 bits per heavy atom. The normalized spacial score (nSPS) is 17.5. The number of carbonyl (C=O) groups is 1. The van der Waals surface area contributed by atoms with Crippen LogP contribution in [-0.4, -0.2) is 32.9 Å². The van der Waals surface area contributed by atoms with E-state index in [0.717, 1.165) is 0 Å². The second kappa shape index (κ2) is 7.50. The molecule has 0 spiro atoms. The molecular weight excluding hydrogens is 376 g/mol. The third kappa shape index (κ3) is 2.99. The highest BCUT2D eigenvalue weighted by molar-refractivity contribution is 5.88. The number of carbonyl (C=O) groups excluding carboxylic acids is 1. The van der Waals surface area contributed by atoms with Crippen molar-refractivity contribution in [2.75, 3.05) is 20.8 Å². The highest BCUT2D eigenvalue weighted by Crippen LogP contribution is 2.48. The Bertz CT molecular complexity index is 1130. The highest BCUT2D eigenvalue weighted by Gasteiger charge is 2.46. The summed E-state index contributed by atoms with van der Waals surface area (Å²) in [6.07, 6.45) is -1.06. The maximum Gasteiger partial charge on any atom is 0.348 e. The predicted octanol–water partition coefficient (Wildman–Crippen LogP) is 3.27. The smallest absolute Gasteiger partial charge is 0.348 e. The summed E-state index contributed by atoms with van der Waals surface area (Å²) >= 11 is 0. The van der Waals surface area contributed by atoms with Gasteiger partial charge in [-0.1, -0.05) is 24.3 Å². The van der Waals surface area contributed by atoms with E-state index in [1.54, 1.807) is 43.3 Å². The van der Waals surface area contributed by atoms with Gasteiger partial charge in [-0.15, -0.1) is 0 Å². The molecule has 2 aromatic carbocycles. The lowest BCUT2D eigenvalue weighted by Gasteiger charge is -2.20. The first-order chi connectivity index (χ1) is 14.1. The number of ether oxygens (including phenoxy) is 4. The number of hydrogen-bond donors (Lipinski definition) is 0. The number of esters is 1. The fraction of sp³-hybridized carbons (Fsp3) is 0.273. The number of benzene rings is 2. The summed E-state index contributed by atoms with van der Waals surface area (Å²) < 4.78 is 27.7. The van der Waals surface area contributed by atoms with Gasteiger partial charge in [-0.25, -0.2) is 9.59 Å². The molecule has 0 saturated carbocycles. The zero-order chi connectivity index (χ0) is 20.5. The zero-order valence-corrected chi connectivity index (χ0v) is 16.3. The molecule has 150 valence electrons. The predicted molar refractivity (Wildman–Crippen MR) is 105 cm³/mol. The monoisotopic (exact) mass is 396 g/mol. The van der Waals surface area contributed by atoms with E-state index in [1.807, 2.05) is 6.07 Å². The zero-order valence-electron chi connectivity index (χ0n) is 16.3. The van der Waals surface area contributed by atoms with Crippen molar-refractivity contribution in [1.29, 1.82) is 0 Å². The fourth-order valence-electron chi connectivity index (χ4n) is 3.76. The summed E-state index contributed by atoms with van der Waals surface area (Å²) in [5.41, 5.74) is 0.650. The van der Waals surface area contributed by atoms with Crippen LogP contribution >= 0.6 is 0 Å². The van der Waals surface area contributed by atoms with Crippen LogP contribution < -0.4 is 19.8 Å². The molecule has 0 saturated heterocycles. The lowest BCUT2D eigenvalue weighted by molar-refractivity contribution is -0.151. The first-order valence-corrected chi connectivity index (χ1v) is 9.20. The SMILES string of the molecule is CCOC(=O)[C@H]1Oc2c(c(=O)oc3ccccc23)[C@@H]1c1cccc(OC)c1OC. The van der Waals surface area contributed by atoms with Crippen LogP contribution in [0.3, 0.4) is 0 Å². The van der Waals surface area contributed by atoms with Crippen LogP contribution in [-0.2, 0) is 9.53 Å². The van der Waals surface area contributed by atoms with Crippen LogP contribution in [0.25, 0.3) is 11.0 Å². The largest absolute Gasteiger partial charge is 0.493 e. The van der Waals surface area contributed by atoms with E-state index in [9.17, 15) is 9.59 Å². The van der Waals surface area contributed by atoms with Gasteiger partial charge in [0.1, 0.15) is 11.3 Å². The van der Waals surface area contributed by atoms with E-state index in [1.165, 1.54) is 14.2 Å². The van der Waals surface area contributed by atoms with Gasteiger partial charge < -0.3 is 23.4 Å². The molecule has 0 bridgehead atoms. The molecule has 2 heterocycles. The van der Waals surface area contributed by atoms with Crippen molar-refractivity contribution in [2.45, 2.75) is 18.9 Å². The molecule has 1 aromatic heterocycles. The average Bonchev–Trinajstić information content (AvgIpc) is 3.15. The Labute approximate surface area is 166 Å². The van der Waals surface area contributed by atoms with E-state index in [-0.39, 0.29) is 12.2 Å². The third-order valence-corrected chi connectivity index (χ3v) is 4.94. The van der Waals surface area contributed by atoms with Crippen LogP contribution in [0.2, 0.25) is 0 Å². The number of methoxy groups -OCH3 is 2. The summed E-state index contributed by atoms with van der Waals surface area (Å²) in [6.45, 7) is 1.90. The van der Waals surface area contributed by atoms with Crippen molar-refractivity contribution in [1.82, 2.24) is 0 Å². The summed E-state index contributed by atoms with van der Waals surface area (Å²) in [5, 5.41) is 0.612. The van der Waals surface area contributed by atoms with E-state index in [2.05, 4.69) is 0 Å². The second-order valence-corrected chi connectivity index (χ2v) is 6.48. The topological polar surface area (TPSA) is 84.2 Å². The van der Waals surface area contributed by atoms with E-state index >= 15 is 0 Å². The molecule has 2 atom stereocenters. The van der Waals surface area contributed by atoms with Gasteiger partial charge in [-0.2, -0.15) is 0 Å². The third-order valence-electron chi connectivity index (χ3n) is 4.94. The summed E-state index contributed by atoms with van der Waals surface area (Å²) in [7, 11) is 3.02. The maximum atomic E-state index is 12.9. The minimum absolute atomic E-state index is 0.187. The van der Waals surface area contributed by atoms with E-state index in [0.29, 0.717) is 33.8 Å². The van der Waals surface area contributed by atoms with Crippen LogP contribution in [0.5, 0.6) is 17.2 Å². The van der Waals surface area contributed by atoms with Crippen molar-refractivity contribution >= 4 is 16.9 Å². The Kier molecular flexibility index (Phi) is 4.88. The van der Waals surface area contributed by atoms with Gasteiger partial charge in [-0.05, 0) is 25.1 Å². The minimum Gasteiger partial charge on any atom is -0.493 e. The van der Waals surface area contributed by atoms with Crippen molar-refractivity contribution in [3.63, 3.8) is 0 Å². The minimum atomic E-state index is -1.06. The second-order valence-electron chi connectivity index (χ2n) is 6.48. The first kappa shape index (κ1) is 18.9. The average molecular weight is 396 g/mol. The molecule has 1 aliphatic rings. The number of para-hydroxylation sites is 2. The molecule has 0 N–H and O–H groups in total. The van der Waals surface area contributed by atoms with Crippen molar-refractivity contribution in [3.05, 3.63) is 64.0 Å². The molecule has 3 aromatic rings. The van der Waals surface area contributed by atoms with Crippen molar-refractivity contribution in [3.8, 4) is 17.2 Å². The van der Waals surface area contributed by atoms with Gasteiger partial charge in [0.05, 0.1) is 37.7 Å².